The molecule has 1 aliphatic rings. The molecule has 0 saturated heterocycles. The molecule has 2 aromatic rings. The molecule has 0 radical (unpaired) electrons. The fourth-order valence-corrected chi connectivity index (χ4v) is 3.21. The van der Waals surface area contributed by atoms with E-state index in [9.17, 15) is 14.4 Å². The van der Waals surface area contributed by atoms with E-state index >= 15 is 0 Å². The minimum atomic E-state index is -0.698. The maximum absolute atomic E-state index is 12.7. The van der Waals surface area contributed by atoms with Gasteiger partial charge in [0.25, 0.3) is 11.8 Å². The smallest absolute Gasteiger partial charge is 0.262 e. The number of carbonyl (C=O) groups is 3. The standard InChI is InChI=1S/C22H26N4O4/c1-3-11-24-22(29)19-13-26(17-9-4-5-10-18(17)30-19)14-20(27)25-16-8-6-7-15(12-16)21(28)23-2/h4-10,12,19H,3,11,13-14H2,1-2H3,(H,23,28)(H,24,29)(H,25,27)/t19-/m1/s1. The maximum Gasteiger partial charge on any atom is 0.262 e. The summed E-state index contributed by atoms with van der Waals surface area (Å²) in [4.78, 5) is 38.7. The van der Waals surface area contributed by atoms with Crippen LogP contribution in [0.15, 0.2) is 48.5 Å². The van der Waals surface area contributed by atoms with Gasteiger partial charge in [-0.2, -0.15) is 0 Å². The fraction of sp³-hybridized carbons (Fsp3) is 0.318. The Bertz CT molecular complexity index is 931. The summed E-state index contributed by atoms with van der Waals surface area (Å²) < 4.78 is 5.85. The Hall–Kier alpha value is -3.55. The molecule has 0 saturated carbocycles. The van der Waals surface area contributed by atoms with E-state index in [1.165, 1.54) is 0 Å². The zero-order chi connectivity index (χ0) is 21.5. The predicted octanol–water partition coefficient (Wildman–Crippen LogP) is 1.78. The molecule has 1 aliphatic heterocycles. The maximum atomic E-state index is 12.7. The van der Waals surface area contributed by atoms with Gasteiger partial charge in [0.15, 0.2) is 6.10 Å². The van der Waals surface area contributed by atoms with Gasteiger partial charge >= 0.3 is 0 Å². The van der Waals surface area contributed by atoms with Crippen LogP contribution in [0.5, 0.6) is 5.75 Å². The molecule has 0 fully saturated rings. The van der Waals surface area contributed by atoms with E-state index in [2.05, 4.69) is 16.0 Å². The summed E-state index contributed by atoms with van der Waals surface area (Å²) in [7, 11) is 1.55. The minimum Gasteiger partial charge on any atom is -0.477 e. The number of anilines is 2. The van der Waals surface area contributed by atoms with Gasteiger partial charge in [0.1, 0.15) is 5.75 Å². The molecule has 8 heteroatoms. The van der Waals surface area contributed by atoms with Crippen LogP contribution < -0.4 is 25.6 Å². The zero-order valence-electron chi connectivity index (χ0n) is 17.1. The first kappa shape index (κ1) is 21.2. The van der Waals surface area contributed by atoms with Crippen LogP contribution in [0.3, 0.4) is 0 Å². The monoisotopic (exact) mass is 410 g/mol. The summed E-state index contributed by atoms with van der Waals surface area (Å²) in [6, 6.07) is 14.0. The van der Waals surface area contributed by atoms with E-state index < -0.39 is 6.10 Å². The van der Waals surface area contributed by atoms with Crippen LogP contribution in [0.4, 0.5) is 11.4 Å². The van der Waals surface area contributed by atoms with Gasteiger partial charge in [0.2, 0.25) is 5.91 Å². The van der Waals surface area contributed by atoms with Crippen molar-refractivity contribution in [3.63, 3.8) is 0 Å². The average Bonchev–Trinajstić information content (AvgIpc) is 2.76. The highest BCUT2D eigenvalue weighted by atomic mass is 16.5. The first-order valence-corrected chi connectivity index (χ1v) is 9.92. The number of nitrogens with zero attached hydrogens (tertiary/aromatic N) is 1. The van der Waals surface area contributed by atoms with Crippen molar-refractivity contribution in [2.75, 3.05) is 36.9 Å². The molecule has 1 atom stereocenters. The van der Waals surface area contributed by atoms with Crippen molar-refractivity contribution in [3.05, 3.63) is 54.1 Å². The van der Waals surface area contributed by atoms with Gasteiger partial charge in [-0.05, 0) is 36.8 Å². The summed E-state index contributed by atoms with van der Waals surface area (Å²) in [5, 5.41) is 8.21. The van der Waals surface area contributed by atoms with Crippen LogP contribution in [-0.4, -0.2) is 50.5 Å². The second-order valence-electron chi connectivity index (χ2n) is 6.95. The lowest BCUT2D eigenvalue weighted by Gasteiger charge is -2.35. The van der Waals surface area contributed by atoms with E-state index in [-0.39, 0.29) is 30.8 Å². The van der Waals surface area contributed by atoms with Crippen molar-refractivity contribution >= 4 is 29.1 Å². The molecular weight excluding hydrogens is 384 g/mol. The number of amides is 3. The van der Waals surface area contributed by atoms with Gasteiger partial charge in [-0.1, -0.05) is 25.1 Å². The molecule has 30 heavy (non-hydrogen) atoms. The van der Waals surface area contributed by atoms with Crippen LogP contribution in [0, 0.1) is 0 Å². The van der Waals surface area contributed by atoms with Gasteiger partial charge in [-0.25, -0.2) is 0 Å². The molecule has 2 aromatic carbocycles. The number of benzene rings is 2. The van der Waals surface area contributed by atoms with Crippen molar-refractivity contribution in [3.8, 4) is 5.75 Å². The molecular formula is C22H26N4O4. The fourth-order valence-electron chi connectivity index (χ4n) is 3.21. The van der Waals surface area contributed by atoms with Crippen molar-refractivity contribution in [1.82, 2.24) is 10.6 Å². The summed E-state index contributed by atoms with van der Waals surface area (Å²) in [5.74, 6) is -0.118. The van der Waals surface area contributed by atoms with Crippen LogP contribution in [0.1, 0.15) is 23.7 Å². The molecule has 158 valence electrons. The highest BCUT2D eigenvalue weighted by Gasteiger charge is 2.31. The molecule has 3 rings (SSSR count). The largest absolute Gasteiger partial charge is 0.477 e. The van der Waals surface area contributed by atoms with Crippen molar-refractivity contribution in [2.45, 2.75) is 19.4 Å². The van der Waals surface area contributed by atoms with E-state index in [0.29, 0.717) is 23.5 Å². The summed E-state index contributed by atoms with van der Waals surface area (Å²) >= 11 is 0. The van der Waals surface area contributed by atoms with E-state index in [1.54, 1.807) is 37.4 Å². The molecule has 1 heterocycles. The minimum absolute atomic E-state index is 0.0438. The number of hydrogen-bond acceptors (Lipinski definition) is 5. The third-order valence-corrected chi connectivity index (χ3v) is 4.67. The van der Waals surface area contributed by atoms with Gasteiger partial charge in [-0.3, -0.25) is 14.4 Å². The topological polar surface area (TPSA) is 99.8 Å². The lowest BCUT2D eigenvalue weighted by atomic mass is 10.1. The second kappa shape index (κ2) is 9.78. The lowest BCUT2D eigenvalue weighted by Crippen LogP contribution is -2.50. The van der Waals surface area contributed by atoms with Crippen LogP contribution in [-0.2, 0) is 9.59 Å². The number of fused-ring (bicyclic) bond motifs is 1. The Morgan fingerprint density at radius 2 is 1.93 bits per heavy atom. The quantitative estimate of drug-likeness (QED) is 0.646. The summed E-state index contributed by atoms with van der Waals surface area (Å²) in [6.45, 7) is 2.86. The van der Waals surface area contributed by atoms with Gasteiger partial charge in [0.05, 0.1) is 18.8 Å². The van der Waals surface area contributed by atoms with Gasteiger partial charge in [-0.15, -0.1) is 0 Å². The van der Waals surface area contributed by atoms with Crippen molar-refractivity contribution in [1.29, 1.82) is 0 Å². The van der Waals surface area contributed by atoms with Crippen LogP contribution >= 0.6 is 0 Å². The Kier molecular flexibility index (Phi) is 6.90. The number of rotatable bonds is 7. The average molecular weight is 410 g/mol. The molecule has 0 bridgehead atoms. The number of nitrogens with one attached hydrogen (secondary N) is 3. The third kappa shape index (κ3) is 5.08. The number of carbonyl (C=O) groups excluding carboxylic acids is 3. The second-order valence-corrected chi connectivity index (χ2v) is 6.95. The molecule has 0 unspecified atom stereocenters. The highest BCUT2D eigenvalue weighted by Crippen LogP contribution is 2.33. The first-order chi connectivity index (χ1) is 14.5. The SMILES string of the molecule is CCCNC(=O)[C@H]1CN(CC(=O)Nc2cccc(C(=O)NC)c2)c2ccccc2O1. The Balaban J connectivity index is 1.72. The van der Waals surface area contributed by atoms with E-state index in [4.69, 9.17) is 4.74 Å². The zero-order valence-corrected chi connectivity index (χ0v) is 17.1. The van der Waals surface area contributed by atoms with Gasteiger partial charge < -0.3 is 25.6 Å². The van der Waals surface area contributed by atoms with E-state index in [0.717, 1.165) is 12.1 Å². The first-order valence-electron chi connectivity index (χ1n) is 9.92. The molecule has 8 nitrogen and oxygen atoms in total. The molecule has 3 N–H and O–H groups in total. The molecule has 0 aliphatic carbocycles. The molecule has 0 aromatic heterocycles. The van der Waals surface area contributed by atoms with Crippen molar-refractivity contribution in [2.24, 2.45) is 0 Å². The van der Waals surface area contributed by atoms with Crippen molar-refractivity contribution < 1.29 is 19.1 Å². The lowest BCUT2D eigenvalue weighted by molar-refractivity contribution is -0.128. The normalized spacial score (nSPS) is 14.9. The Morgan fingerprint density at radius 1 is 1.13 bits per heavy atom. The molecule has 0 spiro atoms. The van der Waals surface area contributed by atoms with Crippen LogP contribution in [0.2, 0.25) is 0 Å². The Morgan fingerprint density at radius 3 is 2.70 bits per heavy atom. The number of ether oxygens (including phenoxy) is 1. The predicted molar refractivity (Wildman–Crippen MR) is 115 cm³/mol. The number of hydrogen-bond donors (Lipinski definition) is 3. The summed E-state index contributed by atoms with van der Waals surface area (Å²) in [6.07, 6.45) is 0.131. The third-order valence-electron chi connectivity index (χ3n) is 4.67. The van der Waals surface area contributed by atoms with Crippen LogP contribution in [0.25, 0.3) is 0 Å². The highest BCUT2D eigenvalue weighted by molar-refractivity contribution is 5.98. The van der Waals surface area contributed by atoms with Gasteiger partial charge in [0, 0.05) is 24.8 Å². The molecule has 3 amide bonds. The summed E-state index contributed by atoms with van der Waals surface area (Å²) in [5.41, 5.74) is 1.74. The number of para-hydroxylation sites is 2. The van der Waals surface area contributed by atoms with E-state index in [1.807, 2.05) is 30.0 Å². The Labute approximate surface area is 175 Å².